The molecule has 4 heterocycles. The number of anilines is 4. The van der Waals surface area contributed by atoms with Crippen LogP contribution >= 0.6 is 11.6 Å². The summed E-state index contributed by atoms with van der Waals surface area (Å²) < 4.78 is 25.3. The maximum Gasteiger partial charge on any atom is 0.262 e. The molecule has 0 aliphatic carbocycles. The number of aromatic nitrogens is 4. The first-order valence-corrected chi connectivity index (χ1v) is 10.5. The molecule has 4 aromatic rings. The number of nitrogens with zero attached hydrogens (tertiary/aromatic N) is 5. The SMILES string of the molecule is [2H]C([2H])([2H])NC(=O)c1cnc(Nc2cccc(C#N)n2)cc1Nc1cn(C)c2c(Cl)cn(CC)c(=O)c12. The Morgan fingerprint density at radius 2 is 2.09 bits per heavy atom. The van der Waals surface area contributed by atoms with Gasteiger partial charge in [-0.1, -0.05) is 17.7 Å². The molecule has 0 saturated carbocycles. The first kappa shape index (κ1) is 19.1. The van der Waals surface area contributed by atoms with Crippen LogP contribution in [-0.4, -0.2) is 32.0 Å². The Kier molecular flexibility index (Phi) is 5.21. The highest BCUT2D eigenvalue weighted by atomic mass is 35.5. The van der Waals surface area contributed by atoms with E-state index in [9.17, 15) is 9.59 Å². The highest BCUT2D eigenvalue weighted by molar-refractivity contribution is 6.35. The van der Waals surface area contributed by atoms with Gasteiger partial charge in [0.25, 0.3) is 11.5 Å². The molecular weight excluding hydrogens is 456 g/mol. The molecule has 10 nitrogen and oxygen atoms in total. The number of carbonyl (C=O) groups excluding carboxylic acids is 1. The van der Waals surface area contributed by atoms with Gasteiger partial charge in [-0.15, -0.1) is 0 Å². The molecule has 3 N–H and O–H groups in total. The van der Waals surface area contributed by atoms with Crippen LogP contribution in [0.2, 0.25) is 5.02 Å². The molecule has 4 aromatic heterocycles. The van der Waals surface area contributed by atoms with Crippen LogP contribution in [0.15, 0.2) is 47.7 Å². The van der Waals surface area contributed by atoms with Gasteiger partial charge in [0.05, 0.1) is 32.9 Å². The summed E-state index contributed by atoms with van der Waals surface area (Å²) in [5, 5.41) is 17.7. The van der Waals surface area contributed by atoms with Gasteiger partial charge in [-0.3, -0.25) is 9.59 Å². The van der Waals surface area contributed by atoms with Gasteiger partial charge >= 0.3 is 0 Å². The maximum absolute atomic E-state index is 13.1. The van der Waals surface area contributed by atoms with Crippen molar-refractivity contribution < 1.29 is 8.91 Å². The number of carbonyl (C=O) groups is 1. The Balaban J connectivity index is 1.83. The second-order valence-corrected chi connectivity index (χ2v) is 7.69. The molecule has 0 unspecified atom stereocenters. The van der Waals surface area contributed by atoms with Crippen LogP contribution in [0.1, 0.15) is 27.1 Å². The lowest BCUT2D eigenvalue weighted by atomic mass is 10.2. The third-order valence-corrected chi connectivity index (χ3v) is 5.42. The molecule has 0 atom stereocenters. The molecule has 34 heavy (non-hydrogen) atoms. The Bertz CT molecular complexity index is 1620. The van der Waals surface area contributed by atoms with Gasteiger partial charge in [-0.2, -0.15) is 5.26 Å². The summed E-state index contributed by atoms with van der Waals surface area (Å²) in [7, 11) is 1.73. The lowest BCUT2D eigenvalue weighted by molar-refractivity contribution is 0.0963. The third-order valence-electron chi connectivity index (χ3n) is 5.14. The fourth-order valence-electron chi connectivity index (χ4n) is 3.58. The molecule has 11 heteroatoms. The van der Waals surface area contributed by atoms with Crippen molar-refractivity contribution in [2.75, 3.05) is 17.6 Å². The second kappa shape index (κ2) is 9.25. The standard InChI is InChI=1S/C23H21ClN8O2/c1-4-32-11-15(24)21-20(23(32)34)17(12-31(21)3)29-16-8-19(27-10-14(16)22(33)26-2)30-18-7-5-6-13(9-25)28-18/h5-8,10-12H,4H2,1-3H3,(H,26,33)(H2,27,28,29,30)/i2D3. The van der Waals surface area contributed by atoms with Crippen LogP contribution in [0.5, 0.6) is 0 Å². The smallest absolute Gasteiger partial charge is 0.262 e. The molecule has 0 aliphatic rings. The molecule has 4 rings (SSSR count). The summed E-state index contributed by atoms with van der Waals surface area (Å²) in [6, 6.07) is 8.23. The van der Waals surface area contributed by atoms with E-state index in [0.717, 1.165) is 0 Å². The highest BCUT2D eigenvalue weighted by Crippen LogP contribution is 2.32. The fourth-order valence-corrected chi connectivity index (χ4v) is 3.92. The van der Waals surface area contributed by atoms with E-state index in [-0.39, 0.29) is 28.3 Å². The summed E-state index contributed by atoms with van der Waals surface area (Å²) in [5.74, 6) is -0.310. The third kappa shape index (κ3) is 4.16. The van der Waals surface area contributed by atoms with E-state index < -0.39 is 12.9 Å². The summed E-state index contributed by atoms with van der Waals surface area (Å²) >= 11 is 6.44. The first-order chi connectivity index (χ1) is 17.5. The minimum absolute atomic E-state index is 0.0738. The van der Waals surface area contributed by atoms with E-state index in [1.165, 1.54) is 16.8 Å². The molecule has 172 valence electrons. The molecule has 0 aromatic carbocycles. The Morgan fingerprint density at radius 3 is 2.82 bits per heavy atom. The van der Waals surface area contributed by atoms with E-state index in [1.54, 1.807) is 42.2 Å². The van der Waals surface area contributed by atoms with Gasteiger partial charge < -0.3 is 25.1 Å². The number of nitriles is 1. The zero-order valence-electron chi connectivity index (χ0n) is 21.2. The van der Waals surface area contributed by atoms with E-state index in [1.807, 2.05) is 18.3 Å². The lowest BCUT2D eigenvalue weighted by Crippen LogP contribution is -2.20. The number of rotatable bonds is 6. The number of pyridine rings is 3. The molecule has 0 radical (unpaired) electrons. The van der Waals surface area contributed by atoms with E-state index in [2.05, 4.69) is 20.6 Å². The summed E-state index contributed by atoms with van der Waals surface area (Å²) in [5.41, 5.74) is 0.857. The Hall–Kier alpha value is -4.36. The van der Waals surface area contributed by atoms with E-state index in [4.69, 9.17) is 21.0 Å². The van der Waals surface area contributed by atoms with Gasteiger partial charge in [-0.25, -0.2) is 9.97 Å². The van der Waals surface area contributed by atoms with Crippen LogP contribution in [0.3, 0.4) is 0 Å². The molecule has 0 spiro atoms. The zero-order chi connectivity index (χ0) is 26.9. The van der Waals surface area contributed by atoms with Gasteiger partial charge in [0.15, 0.2) is 0 Å². The quantitative estimate of drug-likeness (QED) is 0.385. The van der Waals surface area contributed by atoms with Gasteiger partial charge in [-0.05, 0) is 19.1 Å². The van der Waals surface area contributed by atoms with Crippen LogP contribution in [0, 0.1) is 11.3 Å². The largest absolute Gasteiger partial charge is 0.355 e. The van der Waals surface area contributed by atoms with Crippen molar-refractivity contribution in [3.05, 3.63) is 69.5 Å². The van der Waals surface area contributed by atoms with Crippen LogP contribution < -0.4 is 21.5 Å². The van der Waals surface area contributed by atoms with Crippen molar-refractivity contribution in [2.24, 2.45) is 7.05 Å². The molecule has 0 saturated heterocycles. The maximum atomic E-state index is 13.1. The van der Waals surface area contributed by atoms with Crippen LogP contribution in [-0.2, 0) is 13.6 Å². The molecular formula is C23H21ClN8O2. The number of nitrogens with one attached hydrogen (secondary N) is 3. The summed E-state index contributed by atoms with van der Waals surface area (Å²) in [4.78, 5) is 34.3. The molecule has 0 bridgehead atoms. The number of fused-ring (bicyclic) bond motifs is 1. The summed E-state index contributed by atoms with van der Waals surface area (Å²) in [6.07, 6.45) is 4.40. The first-order valence-electron chi connectivity index (χ1n) is 11.6. The van der Waals surface area contributed by atoms with Gasteiger partial charge in [0, 0.05) is 49.3 Å². The number of hydrogen-bond acceptors (Lipinski definition) is 7. The highest BCUT2D eigenvalue weighted by Gasteiger charge is 2.19. The number of hydrogen-bond donors (Lipinski definition) is 3. The monoisotopic (exact) mass is 479 g/mol. The second-order valence-electron chi connectivity index (χ2n) is 7.28. The minimum atomic E-state index is -2.73. The van der Waals surface area contributed by atoms with Gasteiger partial charge in [0.1, 0.15) is 23.4 Å². The molecule has 0 fully saturated rings. The molecule has 1 amide bonds. The number of aryl methyl sites for hydroxylation is 2. The average Bonchev–Trinajstić information content (AvgIpc) is 3.16. The van der Waals surface area contributed by atoms with Crippen molar-refractivity contribution in [3.8, 4) is 6.07 Å². The Labute approximate surface area is 204 Å². The fraction of sp³-hybridized carbons (Fsp3) is 0.174. The zero-order valence-corrected chi connectivity index (χ0v) is 18.9. The average molecular weight is 480 g/mol. The van der Waals surface area contributed by atoms with Crippen molar-refractivity contribution in [3.63, 3.8) is 0 Å². The Morgan fingerprint density at radius 1 is 1.26 bits per heavy atom. The predicted molar refractivity (Wildman–Crippen MR) is 131 cm³/mol. The van der Waals surface area contributed by atoms with Gasteiger partial charge in [0.2, 0.25) is 0 Å². The van der Waals surface area contributed by atoms with E-state index in [0.29, 0.717) is 34.0 Å². The summed E-state index contributed by atoms with van der Waals surface area (Å²) in [6.45, 7) is -0.519. The van der Waals surface area contributed by atoms with E-state index >= 15 is 0 Å². The minimum Gasteiger partial charge on any atom is -0.355 e. The van der Waals surface area contributed by atoms with Crippen molar-refractivity contribution >= 4 is 51.4 Å². The van der Waals surface area contributed by atoms with Crippen LogP contribution in [0.4, 0.5) is 23.0 Å². The number of amides is 1. The lowest BCUT2D eigenvalue weighted by Gasteiger charge is -2.13. The van der Waals surface area contributed by atoms with Crippen molar-refractivity contribution in [2.45, 2.75) is 13.5 Å². The topological polar surface area (TPSA) is 130 Å². The van der Waals surface area contributed by atoms with Crippen molar-refractivity contribution in [1.82, 2.24) is 24.4 Å². The van der Waals surface area contributed by atoms with Crippen molar-refractivity contribution in [1.29, 1.82) is 5.26 Å². The molecule has 0 aliphatic heterocycles. The number of halogens is 1. The normalized spacial score (nSPS) is 12.4. The predicted octanol–water partition coefficient (Wildman–Crippen LogP) is 3.52. The van der Waals surface area contributed by atoms with Crippen LogP contribution in [0.25, 0.3) is 10.9 Å².